The molecule has 1 N–H and O–H groups in total. The summed E-state index contributed by atoms with van der Waals surface area (Å²) in [5.41, 5.74) is 0. The molecule has 0 aliphatic carbocycles. The second kappa shape index (κ2) is 6.97. The van der Waals surface area contributed by atoms with Crippen LogP contribution in [0.4, 0.5) is 0 Å². The van der Waals surface area contributed by atoms with Gasteiger partial charge in [-0.3, -0.25) is 9.59 Å². The van der Waals surface area contributed by atoms with Crippen molar-refractivity contribution in [3.05, 3.63) is 24.3 Å². The fourth-order valence-electron chi connectivity index (χ4n) is 2.26. The molecule has 0 spiro atoms. The third kappa shape index (κ3) is 4.11. The van der Waals surface area contributed by atoms with Crippen molar-refractivity contribution < 1.29 is 19.4 Å². The summed E-state index contributed by atoms with van der Waals surface area (Å²) in [5, 5.41) is 9.55. The van der Waals surface area contributed by atoms with Gasteiger partial charge in [-0.15, -0.1) is 0 Å². The van der Waals surface area contributed by atoms with Crippen LogP contribution in [-0.4, -0.2) is 59.5 Å². The van der Waals surface area contributed by atoms with Crippen LogP contribution >= 0.6 is 0 Å². The Morgan fingerprint density at radius 3 is 2.38 bits per heavy atom. The molecule has 0 unspecified atom stereocenters. The van der Waals surface area contributed by atoms with E-state index in [9.17, 15) is 14.7 Å². The number of piperazine rings is 1. The number of rotatable bonds is 4. The Morgan fingerprint density at radius 1 is 1.14 bits per heavy atom. The van der Waals surface area contributed by atoms with E-state index in [0.29, 0.717) is 31.9 Å². The number of hydrogen-bond donors (Lipinski definition) is 1. The van der Waals surface area contributed by atoms with Crippen molar-refractivity contribution in [3.8, 4) is 11.5 Å². The van der Waals surface area contributed by atoms with Crippen molar-refractivity contribution in [1.82, 2.24) is 9.80 Å². The first kappa shape index (κ1) is 15.2. The van der Waals surface area contributed by atoms with Crippen LogP contribution in [0.3, 0.4) is 0 Å². The maximum Gasteiger partial charge on any atom is 0.226 e. The number of hydrogen-bond acceptors (Lipinski definition) is 4. The minimum atomic E-state index is 0.00798. The van der Waals surface area contributed by atoms with Crippen molar-refractivity contribution in [2.75, 3.05) is 32.8 Å². The highest BCUT2D eigenvalue weighted by atomic mass is 16.5. The average molecular weight is 292 g/mol. The summed E-state index contributed by atoms with van der Waals surface area (Å²) in [5.74, 6) is 0.505. The topological polar surface area (TPSA) is 70.1 Å². The summed E-state index contributed by atoms with van der Waals surface area (Å²) in [6.07, 6.45) is 0.258. The molecule has 1 aromatic carbocycles. The second-order valence-electron chi connectivity index (χ2n) is 4.95. The fraction of sp³-hybridized carbons (Fsp3) is 0.467. The van der Waals surface area contributed by atoms with Crippen LogP contribution in [0.25, 0.3) is 0 Å². The highest BCUT2D eigenvalue weighted by Crippen LogP contribution is 2.24. The van der Waals surface area contributed by atoms with Crippen molar-refractivity contribution in [2.45, 2.75) is 13.3 Å². The first-order valence-corrected chi connectivity index (χ1v) is 7.02. The SMILES string of the molecule is CC(=O)N1CCN(C(=O)CCOc2ccccc2O)CC1. The van der Waals surface area contributed by atoms with Gasteiger partial charge in [0, 0.05) is 33.1 Å². The number of carbonyl (C=O) groups excluding carboxylic acids is 2. The molecular formula is C15H20N2O4. The minimum absolute atomic E-state index is 0.00798. The van der Waals surface area contributed by atoms with Gasteiger partial charge in [0.2, 0.25) is 11.8 Å². The van der Waals surface area contributed by atoms with Crippen molar-refractivity contribution in [3.63, 3.8) is 0 Å². The normalized spacial score (nSPS) is 14.9. The molecule has 1 aromatic rings. The number of carbonyl (C=O) groups is 2. The number of para-hydroxylation sites is 2. The second-order valence-corrected chi connectivity index (χ2v) is 4.95. The zero-order chi connectivity index (χ0) is 15.2. The van der Waals surface area contributed by atoms with Crippen LogP contribution in [0.2, 0.25) is 0 Å². The molecule has 1 aliphatic rings. The zero-order valence-corrected chi connectivity index (χ0v) is 12.1. The van der Waals surface area contributed by atoms with Crippen LogP contribution in [0.1, 0.15) is 13.3 Å². The summed E-state index contributed by atoms with van der Waals surface area (Å²) in [7, 11) is 0. The molecule has 1 saturated heterocycles. The number of nitrogens with zero attached hydrogens (tertiary/aromatic N) is 2. The Morgan fingerprint density at radius 2 is 1.76 bits per heavy atom. The largest absolute Gasteiger partial charge is 0.504 e. The number of ether oxygens (including phenoxy) is 1. The summed E-state index contributed by atoms with van der Waals surface area (Å²) < 4.78 is 5.40. The first-order chi connectivity index (χ1) is 10.1. The molecule has 0 saturated carbocycles. The molecule has 114 valence electrons. The van der Waals surface area contributed by atoms with Crippen LogP contribution in [0.15, 0.2) is 24.3 Å². The smallest absolute Gasteiger partial charge is 0.226 e. The number of aromatic hydroxyl groups is 1. The lowest BCUT2D eigenvalue weighted by atomic mass is 10.2. The van der Waals surface area contributed by atoms with Gasteiger partial charge >= 0.3 is 0 Å². The molecule has 21 heavy (non-hydrogen) atoms. The minimum Gasteiger partial charge on any atom is -0.504 e. The van der Waals surface area contributed by atoms with Gasteiger partial charge in [0.1, 0.15) is 0 Å². The van der Waals surface area contributed by atoms with Crippen molar-refractivity contribution in [2.24, 2.45) is 0 Å². The summed E-state index contributed by atoms with van der Waals surface area (Å²) in [6, 6.07) is 6.67. The molecule has 0 radical (unpaired) electrons. The van der Waals surface area contributed by atoms with E-state index in [1.54, 1.807) is 28.0 Å². The maximum atomic E-state index is 12.0. The maximum absolute atomic E-state index is 12.0. The Bertz CT molecular complexity index is 510. The molecule has 0 aromatic heterocycles. The summed E-state index contributed by atoms with van der Waals surface area (Å²) in [4.78, 5) is 26.7. The van der Waals surface area contributed by atoms with Crippen molar-refractivity contribution >= 4 is 11.8 Å². The van der Waals surface area contributed by atoms with Gasteiger partial charge in [-0.25, -0.2) is 0 Å². The van der Waals surface area contributed by atoms with Crippen LogP contribution < -0.4 is 4.74 Å². The predicted octanol–water partition coefficient (Wildman–Crippen LogP) is 0.852. The Labute approximate surface area is 123 Å². The third-order valence-electron chi connectivity index (χ3n) is 3.52. The van der Waals surface area contributed by atoms with Gasteiger partial charge in [-0.05, 0) is 12.1 Å². The standard InChI is InChI=1S/C15H20N2O4/c1-12(18)16-7-9-17(10-8-16)15(20)6-11-21-14-5-3-2-4-13(14)19/h2-5,19H,6-11H2,1H3. The molecule has 0 bridgehead atoms. The molecule has 1 fully saturated rings. The van der Waals surface area contributed by atoms with Crippen LogP contribution in [0.5, 0.6) is 11.5 Å². The third-order valence-corrected chi connectivity index (χ3v) is 3.52. The van der Waals surface area contributed by atoms with E-state index < -0.39 is 0 Å². The Hall–Kier alpha value is -2.24. The number of phenols is 1. The molecule has 2 rings (SSSR count). The van der Waals surface area contributed by atoms with Gasteiger partial charge in [-0.1, -0.05) is 12.1 Å². The quantitative estimate of drug-likeness (QED) is 0.893. The van der Waals surface area contributed by atoms with E-state index in [-0.39, 0.29) is 30.6 Å². The van der Waals surface area contributed by atoms with E-state index in [4.69, 9.17) is 4.74 Å². The summed E-state index contributed by atoms with van der Waals surface area (Å²) >= 11 is 0. The van der Waals surface area contributed by atoms with Crippen molar-refractivity contribution in [1.29, 1.82) is 0 Å². The molecule has 6 heteroatoms. The molecule has 2 amide bonds. The van der Waals surface area contributed by atoms with E-state index in [2.05, 4.69) is 0 Å². The highest BCUT2D eigenvalue weighted by molar-refractivity contribution is 5.77. The van der Waals surface area contributed by atoms with Gasteiger partial charge in [0.25, 0.3) is 0 Å². The van der Waals surface area contributed by atoms with Crippen LogP contribution in [0, 0.1) is 0 Å². The lowest BCUT2D eigenvalue weighted by Gasteiger charge is -2.34. The highest BCUT2D eigenvalue weighted by Gasteiger charge is 2.22. The van der Waals surface area contributed by atoms with Crippen LogP contribution in [-0.2, 0) is 9.59 Å². The van der Waals surface area contributed by atoms with E-state index in [1.165, 1.54) is 13.0 Å². The molecule has 1 heterocycles. The first-order valence-electron chi connectivity index (χ1n) is 7.02. The van der Waals surface area contributed by atoms with E-state index >= 15 is 0 Å². The predicted molar refractivity (Wildman–Crippen MR) is 77.1 cm³/mol. The summed E-state index contributed by atoms with van der Waals surface area (Å²) in [6.45, 7) is 4.06. The molecule has 0 atom stereocenters. The van der Waals surface area contributed by atoms with E-state index in [1.807, 2.05) is 0 Å². The monoisotopic (exact) mass is 292 g/mol. The van der Waals surface area contributed by atoms with Gasteiger partial charge in [0.05, 0.1) is 13.0 Å². The lowest BCUT2D eigenvalue weighted by Crippen LogP contribution is -2.50. The molecule has 6 nitrogen and oxygen atoms in total. The molecular weight excluding hydrogens is 272 g/mol. The number of amides is 2. The van der Waals surface area contributed by atoms with E-state index in [0.717, 1.165) is 0 Å². The molecule has 1 aliphatic heterocycles. The number of benzene rings is 1. The van der Waals surface area contributed by atoms with Gasteiger partial charge in [-0.2, -0.15) is 0 Å². The van der Waals surface area contributed by atoms with Gasteiger partial charge in [0.15, 0.2) is 11.5 Å². The fourth-order valence-corrected chi connectivity index (χ4v) is 2.26. The Kier molecular flexibility index (Phi) is 5.03. The zero-order valence-electron chi connectivity index (χ0n) is 12.1. The van der Waals surface area contributed by atoms with Gasteiger partial charge < -0.3 is 19.6 Å². The number of phenolic OH excluding ortho intramolecular Hbond substituents is 1. The Balaban J connectivity index is 1.73. The average Bonchev–Trinajstić information content (AvgIpc) is 2.49. The lowest BCUT2D eigenvalue weighted by molar-refractivity contribution is -0.138.